The molecular weight excluding hydrogens is 481 g/mol. The van der Waals surface area contributed by atoms with Gasteiger partial charge in [-0.15, -0.1) is 0 Å². The molecule has 0 fully saturated rings. The maximum Gasteiger partial charge on any atom is 0.278 e. The predicted molar refractivity (Wildman–Crippen MR) is 150 cm³/mol. The van der Waals surface area contributed by atoms with Gasteiger partial charge in [-0.25, -0.2) is 0 Å². The summed E-state index contributed by atoms with van der Waals surface area (Å²) in [5.74, 6) is 0. The number of benzene rings is 2. The quantitative estimate of drug-likeness (QED) is 0.287. The molecule has 0 saturated heterocycles. The first kappa shape index (κ1) is 26.2. The molecule has 0 unspecified atom stereocenters. The molecule has 0 saturated carbocycles. The zero-order chi connectivity index (χ0) is 24.8. The fourth-order valence-electron chi connectivity index (χ4n) is 3.80. The van der Waals surface area contributed by atoms with Gasteiger partial charge in [-0.1, -0.05) is 69.4 Å². The monoisotopic (exact) mass is 512 g/mol. The standard InChI is InChI=1S/C20H17N3OS3.C6H15N/c1-3-13-8-10-14(11-9-13)22-17-16(27-20(22)26)18(24)23(19(25)21-17)15-7-5-4-6-12(15)2;1-4-7(5-2)6-3/h4-11H,3H2,1-2H3,(H,21,25);4-6H2,1-3H3. The van der Waals surface area contributed by atoms with Gasteiger partial charge in [0.2, 0.25) is 0 Å². The smallest absolute Gasteiger partial charge is 0.278 e. The van der Waals surface area contributed by atoms with Gasteiger partial charge in [0.15, 0.2) is 8.73 Å². The van der Waals surface area contributed by atoms with Crippen LogP contribution in [0.25, 0.3) is 21.7 Å². The van der Waals surface area contributed by atoms with Gasteiger partial charge in [-0.3, -0.25) is 13.9 Å². The van der Waals surface area contributed by atoms with Crippen molar-refractivity contribution in [3.05, 3.63) is 78.7 Å². The molecule has 0 aliphatic rings. The maximum atomic E-state index is 13.2. The minimum absolute atomic E-state index is 0.150. The average Bonchev–Trinajstić information content (AvgIpc) is 3.18. The largest absolute Gasteiger partial charge is 0.316 e. The first-order valence-electron chi connectivity index (χ1n) is 11.6. The molecule has 0 aliphatic heterocycles. The van der Waals surface area contributed by atoms with E-state index in [1.165, 1.54) is 36.5 Å². The molecule has 0 spiro atoms. The van der Waals surface area contributed by atoms with Crippen LogP contribution in [-0.2, 0) is 6.42 Å². The maximum absolute atomic E-state index is 13.2. The summed E-state index contributed by atoms with van der Waals surface area (Å²) in [6.45, 7) is 14.2. The van der Waals surface area contributed by atoms with Gasteiger partial charge in [0.25, 0.3) is 5.56 Å². The molecule has 2 aromatic heterocycles. The molecule has 1 N–H and O–H groups in total. The summed E-state index contributed by atoms with van der Waals surface area (Å²) in [5, 5.41) is 0. The number of rotatable bonds is 6. The fourth-order valence-corrected chi connectivity index (χ4v) is 5.41. The lowest BCUT2D eigenvalue weighted by Crippen LogP contribution is -2.21. The summed E-state index contributed by atoms with van der Waals surface area (Å²) in [5.41, 5.74) is 4.43. The van der Waals surface area contributed by atoms with E-state index >= 15 is 0 Å². The number of nitrogens with one attached hydrogen (secondary N) is 1. The molecule has 180 valence electrons. The third kappa shape index (κ3) is 5.46. The number of fused-ring (bicyclic) bond motifs is 1. The lowest BCUT2D eigenvalue weighted by molar-refractivity contribution is 0.321. The number of H-pyrrole nitrogens is 1. The van der Waals surface area contributed by atoms with Crippen LogP contribution >= 0.6 is 35.8 Å². The van der Waals surface area contributed by atoms with Crippen molar-refractivity contribution in [1.29, 1.82) is 0 Å². The van der Waals surface area contributed by atoms with E-state index in [-0.39, 0.29) is 5.56 Å². The van der Waals surface area contributed by atoms with Gasteiger partial charge >= 0.3 is 0 Å². The molecule has 4 rings (SSSR count). The number of hydrogen-bond acceptors (Lipinski definition) is 5. The third-order valence-electron chi connectivity index (χ3n) is 5.94. The van der Waals surface area contributed by atoms with E-state index in [4.69, 9.17) is 24.4 Å². The number of aromatic amines is 1. The molecule has 2 heterocycles. The van der Waals surface area contributed by atoms with Crippen molar-refractivity contribution in [2.75, 3.05) is 19.6 Å². The van der Waals surface area contributed by atoms with E-state index in [1.54, 1.807) is 4.57 Å². The van der Waals surface area contributed by atoms with Gasteiger partial charge in [-0.2, -0.15) is 0 Å². The molecule has 5 nitrogen and oxygen atoms in total. The van der Waals surface area contributed by atoms with Crippen LogP contribution in [0.1, 0.15) is 38.8 Å². The number of thiazole rings is 1. The molecule has 0 aliphatic carbocycles. The highest BCUT2D eigenvalue weighted by molar-refractivity contribution is 7.73. The first-order chi connectivity index (χ1) is 16.4. The van der Waals surface area contributed by atoms with Gasteiger partial charge in [0, 0.05) is 5.69 Å². The Morgan fingerprint density at radius 2 is 1.53 bits per heavy atom. The molecule has 0 radical (unpaired) electrons. The van der Waals surface area contributed by atoms with Crippen molar-refractivity contribution in [2.24, 2.45) is 0 Å². The van der Waals surface area contributed by atoms with E-state index in [0.29, 0.717) is 19.1 Å². The first-order valence-corrected chi connectivity index (χ1v) is 13.3. The number of para-hydroxylation sites is 1. The van der Waals surface area contributed by atoms with E-state index in [1.807, 2.05) is 47.9 Å². The second-order valence-electron chi connectivity index (χ2n) is 7.88. The summed E-state index contributed by atoms with van der Waals surface area (Å²) < 4.78 is 4.96. The highest BCUT2D eigenvalue weighted by Crippen LogP contribution is 2.24. The van der Waals surface area contributed by atoms with Crippen LogP contribution < -0.4 is 5.56 Å². The number of hydrogen-bond donors (Lipinski definition) is 1. The van der Waals surface area contributed by atoms with Crippen molar-refractivity contribution in [3.63, 3.8) is 0 Å². The van der Waals surface area contributed by atoms with Gasteiger partial charge in [0.1, 0.15) is 10.3 Å². The Balaban J connectivity index is 0.000000406. The molecular formula is C26H32N4OS3. The van der Waals surface area contributed by atoms with Crippen LogP contribution in [0.5, 0.6) is 0 Å². The predicted octanol–water partition coefficient (Wildman–Crippen LogP) is 6.85. The van der Waals surface area contributed by atoms with Crippen LogP contribution in [-0.4, -0.2) is 38.7 Å². The zero-order valence-electron chi connectivity index (χ0n) is 20.4. The van der Waals surface area contributed by atoms with E-state index in [0.717, 1.165) is 23.4 Å². The Kier molecular flexibility index (Phi) is 9.13. The number of nitrogens with zero attached hydrogens (tertiary/aromatic N) is 3. The van der Waals surface area contributed by atoms with Crippen LogP contribution in [0.15, 0.2) is 53.3 Å². The molecule has 8 heteroatoms. The highest BCUT2D eigenvalue weighted by Gasteiger charge is 2.15. The zero-order valence-corrected chi connectivity index (χ0v) is 22.9. The van der Waals surface area contributed by atoms with E-state index < -0.39 is 0 Å². The highest BCUT2D eigenvalue weighted by atomic mass is 32.1. The summed E-state index contributed by atoms with van der Waals surface area (Å²) >= 11 is 12.4. The molecule has 34 heavy (non-hydrogen) atoms. The average molecular weight is 513 g/mol. The summed E-state index contributed by atoms with van der Waals surface area (Å²) in [7, 11) is 0. The van der Waals surface area contributed by atoms with E-state index in [9.17, 15) is 4.79 Å². The molecule has 0 amide bonds. The van der Waals surface area contributed by atoms with Crippen molar-refractivity contribution in [3.8, 4) is 11.4 Å². The van der Waals surface area contributed by atoms with Crippen LogP contribution in [0.3, 0.4) is 0 Å². The normalized spacial score (nSPS) is 11.0. The fraction of sp³-hybridized carbons (Fsp3) is 0.346. The van der Waals surface area contributed by atoms with Gasteiger partial charge in [0.05, 0.1) is 5.69 Å². The molecule has 4 aromatic rings. The lowest BCUT2D eigenvalue weighted by Gasteiger charge is -2.13. The summed E-state index contributed by atoms with van der Waals surface area (Å²) in [6.07, 6.45) is 0.972. The van der Waals surface area contributed by atoms with Crippen molar-refractivity contribution >= 4 is 46.1 Å². The SMILES string of the molecule is CCN(CC)CC.CCc1ccc(-n2c(=S)sc3c(=O)n(-c4ccccc4C)c(=S)[nH]c32)cc1. The second kappa shape index (κ2) is 11.8. The Morgan fingerprint density at radius 3 is 2.06 bits per heavy atom. The Hall–Kier alpha value is -2.39. The minimum Gasteiger partial charge on any atom is -0.316 e. The van der Waals surface area contributed by atoms with Crippen LogP contribution in [0.2, 0.25) is 0 Å². The Labute approximate surface area is 215 Å². The number of aromatic nitrogens is 3. The van der Waals surface area contributed by atoms with Crippen molar-refractivity contribution < 1.29 is 0 Å². The van der Waals surface area contributed by atoms with Crippen molar-refractivity contribution in [2.45, 2.75) is 41.0 Å². The van der Waals surface area contributed by atoms with Crippen LogP contribution in [0, 0.1) is 15.6 Å². The van der Waals surface area contributed by atoms with Crippen molar-refractivity contribution in [1.82, 2.24) is 19.0 Å². The Bertz CT molecular complexity index is 1420. The van der Waals surface area contributed by atoms with Gasteiger partial charge < -0.3 is 9.88 Å². The minimum atomic E-state index is -0.150. The summed E-state index contributed by atoms with van der Waals surface area (Å²) in [6, 6.07) is 15.9. The second-order valence-corrected chi connectivity index (χ2v) is 9.91. The Morgan fingerprint density at radius 1 is 0.912 bits per heavy atom. The van der Waals surface area contributed by atoms with Gasteiger partial charge in [-0.05, 0) is 86.7 Å². The van der Waals surface area contributed by atoms with Crippen LogP contribution in [0.4, 0.5) is 0 Å². The number of aryl methyl sites for hydroxylation is 2. The topological polar surface area (TPSA) is 46.0 Å². The summed E-state index contributed by atoms with van der Waals surface area (Å²) in [4.78, 5) is 18.8. The molecule has 0 atom stereocenters. The third-order valence-corrected chi connectivity index (χ3v) is 7.58. The molecule has 0 bridgehead atoms. The van der Waals surface area contributed by atoms with E-state index in [2.05, 4.69) is 49.7 Å². The molecule has 2 aromatic carbocycles. The lowest BCUT2D eigenvalue weighted by atomic mass is 10.1.